The summed E-state index contributed by atoms with van der Waals surface area (Å²) in [7, 11) is 1.76. The molecule has 2 heteroatoms. The average Bonchev–Trinajstić information content (AvgIpc) is 1.85. The molecule has 0 spiro atoms. The van der Waals surface area contributed by atoms with Crippen molar-refractivity contribution in [2.45, 2.75) is 26.0 Å². The van der Waals surface area contributed by atoms with Crippen LogP contribution in [-0.4, -0.2) is 24.7 Å². The van der Waals surface area contributed by atoms with E-state index in [9.17, 15) is 0 Å². The van der Waals surface area contributed by atoms with Crippen LogP contribution in [0.25, 0.3) is 0 Å². The van der Waals surface area contributed by atoms with Crippen LogP contribution in [0.5, 0.6) is 0 Å². The lowest BCUT2D eigenvalue weighted by molar-refractivity contribution is 0.203. The number of thioether (sulfide) groups is 1. The van der Waals surface area contributed by atoms with Gasteiger partial charge in [0.2, 0.25) is 0 Å². The van der Waals surface area contributed by atoms with Gasteiger partial charge in [-0.25, -0.2) is 0 Å². The molecule has 0 saturated heterocycles. The van der Waals surface area contributed by atoms with Crippen molar-refractivity contribution in [1.29, 1.82) is 0 Å². The third-order valence-electron chi connectivity index (χ3n) is 1.12. The number of ether oxygens (including phenoxy) is 1. The van der Waals surface area contributed by atoms with Crippen LogP contribution in [0.4, 0.5) is 0 Å². The molecule has 0 heterocycles. The van der Waals surface area contributed by atoms with Crippen molar-refractivity contribution in [2.75, 3.05) is 19.5 Å². The third-order valence-corrected chi connectivity index (χ3v) is 2.68. The minimum Gasteiger partial charge on any atom is -0.384 e. The molecule has 0 N–H and O–H groups in total. The summed E-state index contributed by atoms with van der Waals surface area (Å²) in [4.78, 5) is 0. The topological polar surface area (TPSA) is 9.23 Å². The standard InChI is InChI=1S/C8H18OS/c1-7(2)6-10-8(3)5-9-4/h7-8H,5-6H2,1-4H3. The molecule has 0 bridgehead atoms. The van der Waals surface area contributed by atoms with Gasteiger partial charge in [0.25, 0.3) is 0 Å². The Hall–Kier alpha value is 0.310. The van der Waals surface area contributed by atoms with Crippen LogP contribution in [0.1, 0.15) is 20.8 Å². The van der Waals surface area contributed by atoms with Crippen molar-refractivity contribution in [3.63, 3.8) is 0 Å². The molecule has 0 radical (unpaired) electrons. The fourth-order valence-corrected chi connectivity index (χ4v) is 1.59. The predicted octanol–water partition coefficient (Wildman–Crippen LogP) is 2.41. The highest BCUT2D eigenvalue weighted by atomic mass is 32.2. The number of hydrogen-bond donors (Lipinski definition) is 0. The molecule has 0 aromatic carbocycles. The van der Waals surface area contributed by atoms with Gasteiger partial charge in [0.1, 0.15) is 0 Å². The Morgan fingerprint density at radius 1 is 1.30 bits per heavy atom. The molecule has 1 unspecified atom stereocenters. The predicted molar refractivity (Wildman–Crippen MR) is 48.6 cm³/mol. The van der Waals surface area contributed by atoms with Crippen molar-refractivity contribution >= 4 is 11.8 Å². The lowest BCUT2D eigenvalue weighted by Crippen LogP contribution is -2.07. The van der Waals surface area contributed by atoms with Gasteiger partial charge in [0.15, 0.2) is 0 Å². The maximum Gasteiger partial charge on any atom is 0.0578 e. The summed E-state index contributed by atoms with van der Waals surface area (Å²) < 4.78 is 5.02. The lowest BCUT2D eigenvalue weighted by atomic mass is 10.3. The van der Waals surface area contributed by atoms with Gasteiger partial charge < -0.3 is 4.74 Å². The first kappa shape index (κ1) is 10.3. The van der Waals surface area contributed by atoms with E-state index in [1.807, 2.05) is 11.8 Å². The van der Waals surface area contributed by atoms with Crippen molar-refractivity contribution in [1.82, 2.24) is 0 Å². The minimum atomic E-state index is 0.646. The van der Waals surface area contributed by atoms with E-state index in [0.717, 1.165) is 12.5 Å². The summed E-state index contributed by atoms with van der Waals surface area (Å²) in [5.41, 5.74) is 0. The zero-order chi connectivity index (χ0) is 7.98. The van der Waals surface area contributed by atoms with Crippen LogP contribution in [0.2, 0.25) is 0 Å². The Labute approximate surface area is 68.5 Å². The van der Waals surface area contributed by atoms with Gasteiger partial charge in [-0.3, -0.25) is 0 Å². The zero-order valence-electron chi connectivity index (χ0n) is 7.39. The van der Waals surface area contributed by atoms with Gasteiger partial charge in [-0.1, -0.05) is 20.8 Å². The van der Waals surface area contributed by atoms with Crippen LogP contribution in [0, 0.1) is 5.92 Å². The fraction of sp³-hybridized carbons (Fsp3) is 1.00. The summed E-state index contributed by atoms with van der Waals surface area (Å²) in [6.45, 7) is 7.56. The van der Waals surface area contributed by atoms with Crippen LogP contribution in [0.15, 0.2) is 0 Å². The van der Waals surface area contributed by atoms with Gasteiger partial charge in [-0.2, -0.15) is 11.8 Å². The van der Waals surface area contributed by atoms with Crippen molar-refractivity contribution < 1.29 is 4.74 Å². The minimum absolute atomic E-state index is 0.646. The Bertz CT molecular complexity index is 73.7. The molecule has 1 atom stereocenters. The molecular formula is C8H18OS. The fourth-order valence-electron chi connectivity index (χ4n) is 0.640. The van der Waals surface area contributed by atoms with Crippen molar-refractivity contribution in [3.05, 3.63) is 0 Å². The largest absolute Gasteiger partial charge is 0.384 e. The highest BCUT2D eigenvalue weighted by molar-refractivity contribution is 7.99. The number of rotatable bonds is 5. The third kappa shape index (κ3) is 6.43. The molecule has 0 saturated carbocycles. The van der Waals surface area contributed by atoms with Crippen LogP contribution in [0.3, 0.4) is 0 Å². The summed E-state index contributed by atoms with van der Waals surface area (Å²) in [5, 5.41) is 0.646. The molecule has 0 aliphatic carbocycles. The normalized spacial score (nSPS) is 14.1. The van der Waals surface area contributed by atoms with Crippen molar-refractivity contribution in [2.24, 2.45) is 5.92 Å². The second-order valence-electron chi connectivity index (χ2n) is 2.99. The summed E-state index contributed by atoms with van der Waals surface area (Å²) >= 11 is 1.98. The van der Waals surface area contributed by atoms with E-state index in [4.69, 9.17) is 4.74 Å². The first-order valence-corrected chi connectivity index (χ1v) is 4.82. The summed E-state index contributed by atoms with van der Waals surface area (Å²) in [6.07, 6.45) is 0. The molecule has 0 aliphatic heterocycles. The van der Waals surface area contributed by atoms with Crippen molar-refractivity contribution in [3.8, 4) is 0 Å². The SMILES string of the molecule is COCC(C)SCC(C)C. The molecule has 10 heavy (non-hydrogen) atoms. The van der Waals surface area contributed by atoms with Crippen LogP contribution >= 0.6 is 11.8 Å². The lowest BCUT2D eigenvalue weighted by Gasteiger charge is -2.10. The summed E-state index contributed by atoms with van der Waals surface area (Å²) in [6, 6.07) is 0. The highest BCUT2D eigenvalue weighted by Gasteiger charge is 2.02. The van der Waals surface area contributed by atoms with E-state index in [2.05, 4.69) is 20.8 Å². The maximum atomic E-state index is 5.02. The molecule has 0 rings (SSSR count). The van der Waals surface area contributed by atoms with Gasteiger partial charge in [-0.05, 0) is 11.7 Å². The van der Waals surface area contributed by atoms with E-state index in [1.54, 1.807) is 7.11 Å². The molecule has 0 aromatic rings. The van der Waals surface area contributed by atoms with Gasteiger partial charge >= 0.3 is 0 Å². The van der Waals surface area contributed by atoms with Crippen LogP contribution < -0.4 is 0 Å². The highest BCUT2D eigenvalue weighted by Crippen LogP contribution is 2.14. The number of methoxy groups -OCH3 is 1. The molecule has 62 valence electrons. The van der Waals surface area contributed by atoms with Gasteiger partial charge in [-0.15, -0.1) is 0 Å². The zero-order valence-corrected chi connectivity index (χ0v) is 8.20. The first-order valence-electron chi connectivity index (χ1n) is 3.77. The van der Waals surface area contributed by atoms with E-state index in [0.29, 0.717) is 5.25 Å². The quantitative estimate of drug-likeness (QED) is 0.614. The van der Waals surface area contributed by atoms with E-state index in [1.165, 1.54) is 5.75 Å². The van der Waals surface area contributed by atoms with E-state index < -0.39 is 0 Å². The van der Waals surface area contributed by atoms with Gasteiger partial charge in [0.05, 0.1) is 6.61 Å². The smallest absolute Gasteiger partial charge is 0.0578 e. The second-order valence-corrected chi connectivity index (χ2v) is 4.46. The van der Waals surface area contributed by atoms with Crippen LogP contribution in [-0.2, 0) is 4.74 Å². The molecule has 0 amide bonds. The van der Waals surface area contributed by atoms with Gasteiger partial charge in [0, 0.05) is 12.4 Å². The molecule has 0 aliphatic rings. The summed E-state index contributed by atoms with van der Waals surface area (Å²) in [5.74, 6) is 2.04. The second kappa shape index (κ2) is 6.05. The number of hydrogen-bond acceptors (Lipinski definition) is 2. The molecule has 1 nitrogen and oxygen atoms in total. The average molecular weight is 162 g/mol. The van der Waals surface area contributed by atoms with E-state index in [-0.39, 0.29) is 0 Å². The molecular weight excluding hydrogens is 144 g/mol. The van der Waals surface area contributed by atoms with E-state index >= 15 is 0 Å². The Kier molecular flexibility index (Phi) is 6.24. The Balaban J connectivity index is 3.12. The Morgan fingerprint density at radius 2 is 1.90 bits per heavy atom. The molecule has 0 aromatic heterocycles. The monoisotopic (exact) mass is 162 g/mol. The molecule has 0 fully saturated rings. The Morgan fingerprint density at radius 3 is 2.30 bits per heavy atom. The maximum absolute atomic E-state index is 5.02. The first-order chi connectivity index (χ1) is 4.66.